The van der Waals surface area contributed by atoms with E-state index >= 15 is 0 Å². The second kappa shape index (κ2) is 8.39. The third kappa shape index (κ3) is 5.91. The van der Waals surface area contributed by atoms with Crippen LogP contribution in [0, 0.1) is 0 Å². The third-order valence-electron chi connectivity index (χ3n) is 3.04. The predicted molar refractivity (Wildman–Crippen MR) is 85.1 cm³/mol. The van der Waals surface area contributed by atoms with Crippen molar-refractivity contribution in [1.29, 1.82) is 0 Å². The fraction of sp³-hybridized carbons (Fsp3) is 0.786. The van der Waals surface area contributed by atoms with Crippen molar-refractivity contribution in [3.63, 3.8) is 0 Å². The van der Waals surface area contributed by atoms with Crippen LogP contribution in [-0.2, 0) is 19.1 Å². The maximum atomic E-state index is 12.4. The van der Waals surface area contributed by atoms with E-state index in [-0.39, 0.29) is 0 Å². The van der Waals surface area contributed by atoms with Gasteiger partial charge in [-0.05, 0) is 20.8 Å². The summed E-state index contributed by atoms with van der Waals surface area (Å²) in [5.41, 5.74) is -0.664. The van der Waals surface area contributed by atoms with Gasteiger partial charge in [-0.15, -0.1) is 0 Å². The maximum absolute atomic E-state index is 12.4. The first kappa shape index (κ1) is 19.6. The topological polar surface area (TPSA) is 105 Å². The minimum atomic E-state index is -1.15. The van der Waals surface area contributed by atoms with Gasteiger partial charge in [0.1, 0.15) is 11.6 Å². The second-order valence-corrected chi connectivity index (χ2v) is 7.18. The number of esters is 1. The van der Waals surface area contributed by atoms with Gasteiger partial charge in [0.25, 0.3) is 0 Å². The molecule has 9 heteroatoms. The van der Waals surface area contributed by atoms with Crippen LogP contribution in [0.3, 0.4) is 0 Å². The number of thioether (sulfide) groups is 1. The predicted octanol–water partition coefficient (Wildman–Crippen LogP) is -0.0110. The van der Waals surface area contributed by atoms with E-state index in [0.717, 1.165) is 0 Å². The van der Waals surface area contributed by atoms with Gasteiger partial charge in [-0.25, -0.2) is 9.59 Å². The zero-order valence-electron chi connectivity index (χ0n) is 13.8. The molecule has 2 N–H and O–H groups in total. The van der Waals surface area contributed by atoms with Crippen molar-refractivity contribution >= 4 is 29.7 Å². The highest BCUT2D eigenvalue weighted by atomic mass is 32.2. The first-order chi connectivity index (χ1) is 10.7. The average molecular weight is 348 g/mol. The quantitative estimate of drug-likeness (QED) is 0.688. The Morgan fingerprint density at radius 3 is 2.57 bits per heavy atom. The monoisotopic (exact) mass is 348 g/mol. The maximum Gasteiger partial charge on any atom is 0.411 e. The molecule has 0 aromatic heterocycles. The van der Waals surface area contributed by atoms with Gasteiger partial charge in [-0.1, -0.05) is 0 Å². The molecular weight excluding hydrogens is 324 g/mol. The second-order valence-electron chi connectivity index (χ2n) is 6.03. The van der Waals surface area contributed by atoms with E-state index in [9.17, 15) is 19.5 Å². The Balaban J connectivity index is 2.78. The van der Waals surface area contributed by atoms with E-state index in [1.165, 1.54) is 23.8 Å². The van der Waals surface area contributed by atoms with Crippen LogP contribution in [0.2, 0.25) is 0 Å². The van der Waals surface area contributed by atoms with Crippen molar-refractivity contribution < 1.29 is 29.0 Å². The Morgan fingerprint density at radius 1 is 1.39 bits per heavy atom. The van der Waals surface area contributed by atoms with E-state index < -0.39 is 42.3 Å². The van der Waals surface area contributed by atoms with E-state index in [2.05, 4.69) is 10.1 Å². The highest BCUT2D eigenvalue weighted by molar-refractivity contribution is 7.99. The van der Waals surface area contributed by atoms with Gasteiger partial charge in [0.05, 0.1) is 13.7 Å². The minimum absolute atomic E-state index is 0.375. The smallest absolute Gasteiger partial charge is 0.411 e. The molecule has 132 valence electrons. The van der Waals surface area contributed by atoms with E-state index in [1.54, 1.807) is 20.8 Å². The molecule has 1 heterocycles. The minimum Gasteiger partial charge on any atom is -0.467 e. The Labute approximate surface area is 139 Å². The average Bonchev–Trinajstić information content (AvgIpc) is 2.49. The Kier molecular flexibility index (Phi) is 7.14. The molecule has 1 fully saturated rings. The van der Waals surface area contributed by atoms with Crippen LogP contribution in [0.1, 0.15) is 20.8 Å². The number of aliphatic hydroxyl groups is 1. The summed E-state index contributed by atoms with van der Waals surface area (Å²) in [6.07, 6.45) is -0.573. The molecule has 2 atom stereocenters. The van der Waals surface area contributed by atoms with E-state index in [4.69, 9.17) is 4.74 Å². The van der Waals surface area contributed by atoms with Crippen molar-refractivity contribution in [2.75, 3.05) is 31.8 Å². The van der Waals surface area contributed by atoms with Gasteiger partial charge < -0.3 is 19.9 Å². The summed E-state index contributed by atoms with van der Waals surface area (Å²) in [7, 11) is 1.17. The summed E-state index contributed by atoms with van der Waals surface area (Å²) in [5.74, 6) is -0.172. The van der Waals surface area contributed by atoms with Crippen molar-refractivity contribution in [3.05, 3.63) is 0 Å². The summed E-state index contributed by atoms with van der Waals surface area (Å²) in [4.78, 5) is 37.4. The molecular formula is C14H24N2O6S. The number of carbonyl (C=O) groups is 3. The number of aliphatic hydroxyl groups excluding tert-OH is 1. The van der Waals surface area contributed by atoms with Crippen molar-refractivity contribution in [2.24, 2.45) is 0 Å². The van der Waals surface area contributed by atoms with Crippen molar-refractivity contribution in [1.82, 2.24) is 10.2 Å². The molecule has 0 radical (unpaired) electrons. The fourth-order valence-corrected chi connectivity index (χ4v) is 3.00. The molecule has 1 aliphatic heterocycles. The lowest BCUT2D eigenvalue weighted by Gasteiger charge is -2.35. The molecule has 0 aromatic rings. The number of ether oxygens (including phenoxy) is 2. The molecule has 0 saturated carbocycles. The number of nitrogens with one attached hydrogen (secondary N) is 1. The molecule has 23 heavy (non-hydrogen) atoms. The van der Waals surface area contributed by atoms with Crippen LogP contribution < -0.4 is 5.32 Å². The molecule has 2 amide bonds. The lowest BCUT2D eigenvalue weighted by Crippen LogP contribution is -2.58. The van der Waals surface area contributed by atoms with Crippen LogP contribution in [0.15, 0.2) is 0 Å². The summed E-state index contributed by atoms with van der Waals surface area (Å²) in [6.45, 7) is 5.04. The van der Waals surface area contributed by atoms with Gasteiger partial charge >= 0.3 is 12.1 Å². The van der Waals surface area contributed by atoms with Crippen molar-refractivity contribution in [2.45, 2.75) is 38.5 Å². The lowest BCUT2D eigenvalue weighted by atomic mass is 10.2. The molecule has 1 saturated heterocycles. The summed E-state index contributed by atoms with van der Waals surface area (Å²) < 4.78 is 9.82. The molecule has 1 unspecified atom stereocenters. The van der Waals surface area contributed by atoms with E-state index in [1.807, 2.05) is 0 Å². The molecule has 0 spiro atoms. The molecule has 0 aromatic carbocycles. The molecule has 1 aliphatic rings. The number of hydrogen-bond acceptors (Lipinski definition) is 7. The first-order valence-electron chi connectivity index (χ1n) is 7.26. The third-order valence-corrected chi connectivity index (χ3v) is 4.07. The number of methoxy groups -OCH3 is 1. The van der Waals surface area contributed by atoms with Gasteiger partial charge in [0.15, 0.2) is 6.04 Å². The van der Waals surface area contributed by atoms with E-state index in [0.29, 0.717) is 18.1 Å². The fourth-order valence-electron chi connectivity index (χ4n) is 1.95. The standard InChI is InChI=1S/C14H24N2O6S/c1-14(2,3)22-13(20)16-5-6-23-8-10(16)11(18)15-9(7-17)12(19)21-4/h9-10,17H,5-8H2,1-4H3,(H,15,18)/t9-,10?/m1/s1. The van der Waals surface area contributed by atoms with Crippen LogP contribution in [0.4, 0.5) is 4.79 Å². The number of nitrogens with zero attached hydrogens (tertiary/aromatic N) is 1. The van der Waals surface area contributed by atoms with Crippen LogP contribution >= 0.6 is 11.8 Å². The molecule has 0 bridgehead atoms. The zero-order valence-corrected chi connectivity index (χ0v) is 14.6. The number of amides is 2. The van der Waals surface area contributed by atoms with Crippen LogP contribution in [0.25, 0.3) is 0 Å². The molecule has 0 aliphatic carbocycles. The molecule has 8 nitrogen and oxygen atoms in total. The van der Waals surface area contributed by atoms with Crippen LogP contribution in [-0.4, -0.2) is 77.4 Å². The number of rotatable bonds is 4. The number of hydrogen-bond donors (Lipinski definition) is 2. The zero-order chi connectivity index (χ0) is 17.6. The highest BCUT2D eigenvalue weighted by Crippen LogP contribution is 2.20. The van der Waals surface area contributed by atoms with Gasteiger partial charge in [0.2, 0.25) is 5.91 Å². The first-order valence-corrected chi connectivity index (χ1v) is 8.41. The van der Waals surface area contributed by atoms with Crippen LogP contribution in [0.5, 0.6) is 0 Å². The SMILES string of the molecule is COC(=O)[C@@H](CO)NC(=O)C1CSCCN1C(=O)OC(C)(C)C. The Hall–Kier alpha value is -1.48. The Bertz CT molecular complexity index is 451. The molecule has 1 rings (SSSR count). The summed E-state index contributed by atoms with van der Waals surface area (Å²) >= 11 is 1.53. The van der Waals surface area contributed by atoms with Gasteiger partial charge in [-0.3, -0.25) is 9.69 Å². The highest BCUT2D eigenvalue weighted by Gasteiger charge is 2.36. The summed E-state index contributed by atoms with van der Waals surface area (Å²) in [5, 5.41) is 11.6. The normalized spacial score (nSPS) is 19.7. The van der Waals surface area contributed by atoms with Gasteiger partial charge in [-0.2, -0.15) is 11.8 Å². The number of carbonyl (C=O) groups excluding carboxylic acids is 3. The summed E-state index contributed by atoms with van der Waals surface area (Å²) in [6, 6.07) is -1.91. The van der Waals surface area contributed by atoms with Crippen molar-refractivity contribution in [3.8, 4) is 0 Å². The Morgan fingerprint density at radius 2 is 2.04 bits per heavy atom. The lowest BCUT2D eigenvalue weighted by molar-refractivity contribution is -0.146. The largest absolute Gasteiger partial charge is 0.467 e. The van der Waals surface area contributed by atoms with Gasteiger partial charge in [0, 0.05) is 18.1 Å².